The summed E-state index contributed by atoms with van der Waals surface area (Å²) in [5.74, 6) is 0.138. The molecule has 1 aliphatic heterocycles. The minimum absolute atomic E-state index is 0.0676. The highest BCUT2D eigenvalue weighted by Crippen LogP contribution is 2.23. The second-order valence-electron chi connectivity index (χ2n) is 4.32. The summed E-state index contributed by atoms with van der Waals surface area (Å²) >= 11 is 1.60. The van der Waals surface area contributed by atoms with Crippen molar-refractivity contribution in [1.82, 2.24) is 5.32 Å². The molecule has 2 rings (SSSR count). The third-order valence-electron chi connectivity index (χ3n) is 2.92. The topological polar surface area (TPSA) is 70.0 Å². The van der Waals surface area contributed by atoms with Gasteiger partial charge in [-0.15, -0.1) is 11.3 Å². The van der Waals surface area contributed by atoms with Crippen LogP contribution in [0.25, 0.3) is 0 Å². The lowest BCUT2D eigenvalue weighted by atomic mass is 9.97. The van der Waals surface area contributed by atoms with E-state index in [9.17, 15) is 13.7 Å². The second kappa shape index (κ2) is 4.77. The molecule has 2 heterocycles. The molecule has 6 heteroatoms. The number of hydrogen-bond acceptors (Lipinski definition) is 5. The van der Waals surface area contributed by atoms with Crippen LogP contribution in [0, 0.1) is 11.3 Å². The van der Waals surface area contributed by atoms with Gasteiger partial charge in [-0.3, -0.25) is 5.32 Å². The monoisotopic (exact) mass is 270 g/mol. The van der Waals surface area contributed by atoms with Crippen LogP contribution in [-0.4, -0.2) is 25.5 Å². The fraction of sp³-hybridized carbons (Fsp3) is 0.545. The fourth-order valence-corrected chi connectivity index (χ4v) is 4.49. The van der Waals surface area contributed by atoms with Crippen molar-refractivity contribution in [2.75, 3.05) is 11.5 Å². The molecule has 1 aliphatic rings. The molecule has 4 nitrogen and oxygen atoms in total. The molecule has 0 saturated carbocycles. The highest BCUT2D eigenvalue weighted by atomic mass is 32.2. The van der Waals surface area contributed by atoms with Gasteiger partial charge in [-0.2, -0.15) is 5.26 Å². The quantitative estimate of drug-likeness (QED) is 0.899. The number of nitrogens with one attached hydrogen (secondary N) is 1. The third kappa shape index (κ3) is 3.06. The van der Waals surface area contributed by atoms with Crippen LogP contribution in [0.3, 0.4) is 0 Å². The van der Waals surface area contributed by atoms with Crippen molar-refractivity contribution in [2.45, 2.75) is 24.9 Å². The Morgan fingerprint density at radius 1 is 1.59 bits per heavy atom. The van der Waals surface area contributed by atoms with Crippen molar-refractivity contribution < 1.29 is 8.42 Å². The van der Waals surface area contributed by atoms with Crippen LogP contribution in [0.4, 0.5) is 0 Å². The molecule has 0 aromatic carbocycles. The Kier molecular flexibility index (Phi) is 3.52. The molecule has 17 heavy (non-hydrogen) atoms. The summed E-state index contributed by atoms with van der Waals surface area (Å²) in [7, 11) is -3.08. The largest absolute Gasteiger partial charge is 0.294 e. The van der Waals surface area contributed by atoms with Crippen molar-refractivity contribution in [1.29, 1.82) is 5.26 Å². The molecule has 1 saturated heterocycles. The number of rotatable bonds is 3. The van der Waals surface area contributed by atoms with Gasteiger partial charge in [0.15, 0.2) is 9.84 Å². The summed E-state index contributed by atoms with van der Waals surface area (Å²) < 4.78 is 23.2. The summed E-state index contributed by atoms with van der Waals surface area (Å²) in [5, 5.41) is 14.3. The first-order valence-electron chi connectivity index (χ1n) is 5.44. The SMILES string of the molecule is N#CC1(NCc2cccs2)CCCS(=O)(=O)C1. The molecular formula is C11H14N2O2S2. The van der Waals surface area contributed by atoms with Gasteiger partial charge in [-0.1, -0.05) is 6.07 Å². The molecular weight excluding hydrogens is 256 g/mol. The van der Waals surface area contributed by atoms with Crippen LogP contribution in [0.15, 0.2) is 17.5 Å². The van der Waals surface area contributed by atoms with Crippen LogP contribution in [-0.2, 0) is 16.4 Å². The molecule has 92 valence electrons. The van der Waals surface area contributed by atoms with Gasteiger partial charge >= 0.3 is 0 Å². The number of hydrogen-bond donors (Lipinski definition) is 1. The van der Waals surface area contributed by atoms with Gasteiger partial charge < -0.3 is 0 Å². The van der Waals surface area contributed by atoms with Crippen molar-refractivity contribution >= 4 is 21.2 Å². The third-order valence-corrected chi connectivity index (χ3v) is 5.64. The summed E-state index contributed by atoms with van der Waals surface area (Å²) in [5.41, 5.74) is -0.902. The van der Waals surface area contributed by atoms with Crippen molar-refractivity contribution in [3.05, 3.63) is 22.4 Å². The summed E-state index contributed by atoms with van der Waals surface area (Å²) in [4.78, 5) is 1.11. The Bertz CT molecular complexity index is 516. The minimum atomic E-state index is -3.08. The van der Waals surface area contributed by atoms with Gasteiger partial charge in [0.2, 0.25) is 0 Å². The maximum Gasteiger partial charge on any atom is 0.153 e. The van der Waals surface area contributed by atoms with Crippen LogP contribution >= 0.6 is 11.3 Å². The Morgan fingerprint density at radius 2 is 2.41 bits per heavy atom. The van der Waals surface area contributed by atoms with E-state index in [-0.39, 0.29) is 11.5 Å². The van der Waals surface area contributed by atoms with Crippen molar-refractivity contribution in [3.63, 3.8) is 0 Å². The van der Waals surface area contributed by atoms with Crippen molar-refractivity contribution in [3.8, 4) is 6.07 Å². The Morgan fingerprint density at radius 3 is 3.00 bits per heavy atom. The first-order chi connectivity index (χ1) is 8.05. The lowest BCUT2D eigenvalue weighted by Gasteiger charge is -2.31. The van der Waals surface area contributed by atoms with Crippen LogP contribution in [0.2, 0.25) is 0 Å². The smallest absolute Gasteiger partial charge is 0.153 e. The Hall–Kier alpha value is -0.900. The van der Waals surface area contributed by atoms with Gasteiger partial charge in [0.1, 0.15) is 5.54 Å². The maximum absolute atomic E-state index is 11.6. The predicted molar refractivity (Wildman–Crippen MR) is 67.4 cm³/mol. The van der Waals surface area contributed by atoms with Crippen LogP contribution in [0.5, 0.6) is 0 Å². The van der Waals surface area contributed by atoms with E-state index < -0.39 is 15.4 Å². The van der Waals surface area contributed by atoms with E-state index in [1.807, 2.05) is 17.5 Å². The molecule has 1 fully saturated rings. The average molecular weight is 270 g/mol. The molecule has 0 spiro atoms. The number of nitriles is 1. The molecule has 0 amide bonds. The van der Waals surface area contributed by atoms with Crippen LogP contribution < -0.4 is 5.32 Å². The average Bonchev–Trinajstić information content (AvgIpc) is 2.78. The molecule has 1 atom stereocenters. The van der Waals surface area contributed by atoms with Gasteiger partial charge in [0, 0.05) is 11.4 Å². The van der Waals surface area contributed by atoms with E-state index in [0.717, 1.165) is 4.88 Å². The highest BCUT2D eigenvalue weighted by Gasteiger charge is 2.38. The first kappa shape index (κ1) is 12.6. The van der Waals surface area contributed by atoms with E-state index in [2.05, 4.69) is 11.4 Å². The fourth-order valence-electron chi connectivity index (χ4n) is 2.05. The van der Waals surface area contributed by atoms with Gasteiger partial charge in [0.25, 0.3) is 0 Å². The Balaban J connectivity index is 2.07. The normalized spacial score (nSPS) is 27.5. The molecule has 1 aromatic heterocycles. The maximum atomic E-state index is 11.6. The number of sulfone groups is 1. The highest BCUT2D eigenvalue weighted by molar-refractivity contribution is 7.91. The molecule has 0 aliphatic carbocycles. The lowest BCUT2D eigenvalue weighted by molar-refractivity contribution is 0.398. The van der Waals surface area contributed by atoms with Gasteiger partial charge in [0.05, 0.1) is 17.6 Å². The minimum Gasteiger partial charge on any atom is -0.294 e. The van der Waals surface area contributed by atoms with Gasteiger partial charge in [-0.05, 0) is 24.3 Å². The number of nitrogens with zero attached hydrogens (tertiary/aromatic N) is 1. The standard InChI is InChI=1S/C11H14N2O2S2/c12-8-11(4-2-6-17(14,15)9-11)13-7-10-3-1-5-16-10/h1,3,5,13H,2,4,6-7,9H2. The molecule has 0 bridgehead atoms. The van der Waals surface area contributed by atoms with Crippen molar-refractivity contribution in [2.24, 2.45) is 0 Å². The molecule has 0 radical (unpaired) electrons. The second-order valence-corrected chi connectivity index (χ2v) is 7.54. The zero-order valence-corrected chi connectivity index (χ0v) is 11.0. The van der Waals surface area contributed by atoms with E-state index in [1.165, 1.54) is 0 Å². The van der Waals surface area contributed by atoms with E-state index in [0.29, 0.717) is 19.4 Å². The zero-order valence-electron chi connectivity index (χ0n) is 9.35. The lowest BCUT2D eigenvalue weighted by Crippen LogP contribution is -2.52. The molecule has 1 aromatic rings. The predicted octanol–water partition coefficient (Wildman–Crippen LogP) is 1.31. The zero-order chi connectivity index (χ0) is 12.4. The van der Waals surface area contributed by atoms with Crippen LogP contribution in [0.1, 0.15) is 17.7 Å². The number of thiophene rings is 1. The molecule has 1 unspecified atom stereocenters. The van der Waals surface area contributed by atoms with Gasteiger partial charge in [-0.25, -0.2) is 8.42 Å². The summed E-state index contributed by atoms with van der Waals surface area (Å²) in [6.45, 7) is 0.556. The molecule has 1 N–H and O–H groups in total. The van der Waals surface area contributed by atoms with E-state index in [4.69, 9.17) is 0 Å². The van der Waals surface area contributed by atoms with E-state index in [1.54, 1.807) is 11.3 Å². The summed E-state index contributed by atoms with van der Waals surface area (Å²) in [6, 6.07) is 6.06. The summed E-state index contributed by atoms with van der Waals surface area (Å²) in [6.07, 6.45) is 1.17. The first-order valence-corrected chi connectivity index (χ1v) is 8.14. The Labute approximate surface area is 105 Å². The van der Waals surface area contributed by atoms with E-state index >= 15 is 0 Å².